The number of halogens is 1. The van der Waals surface area contributed by atoms with Gasteiger partial charge in [-0.2, -0.15) is 0 Å². The summed E-state index contributed by atoms with van der Waals surface area (Å²) >= 11 is 3.30. The number of rotatable bonds is 4. The number of nitro benzene ring substituents is 1. The Morgan fingerprint density at radius 3 is 2.62 bits per heavy atom. The van der Waals surface area contributed by atoms with Crippen LogP contribution in [0.2, 0.25) is 0 Å². The Hall–Kier alpha value is -2.41. The Kier molecular flexibility index (Phi) is 4.23. The molecule has 0 saturated carbocycles. The van der Waals surface area contributed by atoms with Crippen molar-refractivity contribution < 1.29 is 9.66 Å². The fraction of sp³-hybridized carbons (Fsp3) is 0.0714. The van der Waals surface area contributed by atoms with E-state index in [9.17, 15) is 10.1 Å². The fourth-order valence-corrected chi connectivity index (χ4v) is 2.19. The number of nitro groups is 1. The molecule has 0 aliphatic carbocycles. The van der Waals surface area contributed by atoms with Gasteiger partial charge in [-0.1, -0.05) is 15.9 Å². The predicted octanol–water partition coefficient (Wildman–Crippen LogP) is 3.74. The van der Waals surface area contributed by atoms with Gasteiger partial charge in [0.1, 0.15) is 17.3 Å². The van der Waals surface area contributed by atoms with Crippen LogP contribution in [0.4, 0.5) is 5.69 Å². The average Bonchev–Trinajstić information content (AvgIpc) is 2.40. The normalized spacial score (nSPS) is 10.2. The van der Waals surface area contributed by atoms with E-state index in [1.807, 2.05) is 0 Å². The number of nitrogens with one attached hydrogen (secondary N) is 1. The summed E-state index contributed by atoms with van der Waals surface area (Å²) < 4.78 is 6.45. The zero-order valence-electron chi connectivity index (χ0n) is 11.1. The van der Waals surface area contributed by atoms with Crippen LogP contribution in [-0.2, 0) is 0 Å². The molecule has 2 rings (SSSR count). The molecule has 0 aliphatic heterocycles. The smallest absolute Gasteiger partial charge is 0.272 e. The first-order valence-corrected chi connectivity index (χ1v) is 6.74. The van der Waals surface area contributed by atoms with E-state index in [1.165, 1.54) is 12.1 Å². The number of hydrogen-bond acceptors (Lipinski definition) is 4. The SMILES string of the molecule is Cc1cc(Oc2ccc(Br)cc2C(=N)N)ccc1[N+](=O)[O-]. The predicted molar refractivity (Wildman–Crippen MR) is 83.1 cm³/mol. The van der Waals surface area contributed by atoms with Crippen molar-refractivity contribution in [3.05, 3.63) is 62.1 Å². The number of benzene rings is 2. The van der Waals surface area contributed by atoms with Crippen LogP contribution in [0, 0.1) is 22.4 Å². The molecule has 0 saturated heterocycles. The molecule has 0 aromatic heterocycles. The second-order valence-corrected chi connectivity index (χ2v) is 5.28. The third-order valence-corrected chi connectivity index (χ3v) is 3.32. The highest BCUT2D eigenvalue weighted by Crippen LogP contribution is 2.30. The second-order valence-electron chi connectivity index (χ2n) is 4.36. The standard InChI is InChI=1S/C14H12BrN3O3/c1-8-6-10(3-4-12(8)18(19)20)21-13-5-2-9(15)7-11(13)14(16)17/h2-7H,1H3,(H3,16,17). The van der Waals surface area contributed by atoms with E-state index in [4.69, 9.17) is 15.9 Å². The first-order valence-electron chi connectivity index (χ1n) is 5.95. The van der Waals surface area contributed by atoms with Crippen molar-refractivity contribution in [3.63, 3.8) is 0 Å². The minimum absolute atomic E-state index is 0.0324. The molecule has 0 aliphatic rings. The Bertz CT molecular complexity index is 731. The highest BCUT2D eigenvalue weighted by Gasteiger charge is 2.13. The van der Waals surface area contributed by atoms with Gasteiger partial charge in [0.25, 0.3) is 5.69 Å². The summed E-state index contributed by atoms with van der Waals surface area (Å²) in [4.78, 5) is 10.3. The molecule has 0 spiro atoms. The lowest BCUT2D eigenvalue weighted by Gasteiger charge is -2.11. The summed E-state index contributed by atoms with van der Waals surface area (Å²) in [6.45, 7) is 1.64. The van der Waals surface area contributed by atoms with Crippen LogP contribution in [-0.4, -0.2) is 10.8 Å². The van der Waals surface area contributed by atoms with Crippen LogP contribution in [0.25, 0.3) is 0 Å². The average molecular weight is 350 g/mol. The molecule has 0 fully saturated rings. The lowest BCUT2D eigenvalue weighted by atomic mass is 10.1. The molecule has 0 bridgehead atoms. The first kappa shape index (κ1) is 15.0. The van der Waals surface area contributed by atoms with Crippen LogP contribution in [0.1, 0.15) is 11.1 Å². The van der Waals surface area contributed by atoms with Crippen molar-refractivity contribution in [3.8, 4) is 11.5 Å². The van der Waals surface area contributed by atoms with Gasteiger partial charge in [-0.25, -0.2) is 0 Å². The van der Waals surface area contributed by atoms with Crippen molar-refractivity contribution >= 4 is 27.5 Å². The van der Waals surface area contributed by atoms with E-state index in [0.29, 0.717) is 22.6 Å². The molecule has 0 radical (unpaired) electrons. The molecule has 0 amide bonds. The van der Waals surface area contributed by atoms with Crippen LogP contribution in [0.5, 0.6) is 11.5 Å². The van der Waals surface area contributed by atoms with E-state index >= 15 is 0 Å². The summed E-state index contributed by atoms with van der Waals surface area (Å²) in [7, 11) is 0. The highest BCUT2D eigenvalue weighted by atomic mass is 79.9. The third-order valence-electron chi connectivity index (χ3n) is 2.82. The molecule has 0 heterocycles. The number of nitrogens with two attached hydrogens (primary N) is 1. The number of amidine groups is 1. The van der Waals surface area contributed by atoms with Crippen molar-refractivity contribution in [1.82, 2.24) is 0 Å². The molecule has 0 unspecified atom stereocenters. The lowest BCUT2D eigenvalue weighted by Crippen LogP contribution is -2.12. The first-order chi connectivity index (χ1) is 9.88. The second kappa shape index (κ2) is 5.92. The molecule has 2 aromatic carbocycles. The van der Waals surface area contributed by atoms with Gasteiger partial charge < -0.3 is 10.5 Å². The van der Waals surface area contributed by atoms with Crippen LogP contribution in [0.3, 0.4) is 0 Å². The summed E-state index contributed by atoms with van der Waals surface area (Å²) in [6, 6.07) is 9.59. The molecule has 3 N–H and O–H groups in total. The maximum atomic E-state index is 10.8. The summed E-state index contributed by atoms with van der Waals surface area (Å²) in [5, 5.41) is 18.3. The lowest BCUT2D eigenvalue weighted by molar-refractivity contribution is -0.385. The number of nitrogens with zero attached hydrogens (tertiary/aromatic N) is 1. The number of nitrogen functional groups attached to an aromatic ring is 1. The molecule has 6 nitrogen and oxygen atoms in total. The Morgan fingerprint density at radius 1 is 1.33 bits per heavy atom. The summed E-state index contributed by atoms with van der Waals surface area (Å²) in [5.41, 5.74) is 6.50. The zero-order valence-corrected chi connectivity index (χ0v) is 12.7. The van der Waals surface area contributed by atoms with Gasteiger partial charge in [-0.15, -0.1) is 0 Å². The van der Waals surface area contributed by atoms with Gasteiger partial charge in [0, 0.05) is 16.1 Å². The van der Waals surface area contributed by atoms with Gasteiger partial charge in [-0.3, -0.25) is 15.5 Å². The van der Waals surface area contributed by atoms with E-state index in [2.05, 4.69) is 15.9 Å². The van der Waals surface area contributed by atoms with Crippen molar-refractivity contribution in [2.45, 2.75) is 6.92 Å². The van der Waals surface area contributed by atoms with Gasteiger partial charge in [0.2, 0.25) is 0 Å². The van der Waals surface area contributed by atoms with Crippen LogP contribution >= 0.6 is 15.9 Å². The molecule has 108 valence electrons. The summed E-state index contributed by atoms with van der Waals surface area (Å²) in [6.07, 6.45) is 0. The zero-order chi connectivity index (χ0) is 15.6. The monoisotopic (exact) mass is 349 g/mol. The van der Waals surface area contributed by atoms with Crippen molar-refractivity contribution in [2.75, 3.05) is 0 Å². The Balaban J connectivity index is 2.37. The molecule has 0 atom stereocenters. The quantitative estimate of drug-likeness (QED) is 0.379. The van der Waals surface area contributed by atoms with Gasteiger partial charge in [0.15, 0.2) is 0 Å². The molecule has 21 heavy (non-hydrogen) atoms. The summed E-state index contributed by atoms with van der Waals surface area (Å²) in [5.74, 6) is 0.742. The molecular weight excluding hydrogens is 338 g/mol. The maximum Gasteiger partial charge on any atom is 0.272 e. The number of hydrogen-bond donors (Lipinski definition) is 2. The van der Waals surface area contributed by atoms with E-state index < -0.39 is 4.92 Å². The number of aryl methyl sites for hydroxylation is 1. The van der Waals surface area contributed by atoms with Crippen LogP contribution in [0.15, 0.2) is 40.9 Å². The van der Waals surface area contributed by atoms with Gasteiger partial charge in [0.05, 0.1) is 10.5 Å². The molecule has 2 aromatic rings. The van der Waals surface area contributed by atoms with Gasteiger partial charge in [-0.05, 0) is 37.3 Å². The molecule has 7 heteroatoms. The largest absolute Gasteiger partial charge is 0.457 e. The van der Waals surface area contributed by atoms with Crippen molar-refractivity contribution in [2.24, 2.45) is 5.73 Å². The van der Waals surface area contributed by atoms with Crippen molar-refractivity contribution in [1.29, 1.82) is 5.41 Å². The van der Waals surface area contributed by atoms with E-state index in [0.717, 1.165) is 4.47 Å². The number of ether oxygens (including phenoxy) is 1. The van der Waals surface area contributed by atoms with E-state index in [1.54, 1.807) is 31.2 Å². The Morgan fingerprint density at radius 2 is 2.05 bits per heavy atom. The molecular formula is C14H12BrN3O3. The minimum atomic E-state index is -0.445. The minimum Gasteiger partial charge on any atom is -0.457 e. The Labute approximate surface area is 129 Å². The third kappa shape index (κ3) is 3.38. The maximum absolute atomic E-state index is 10.8. The fourth-order valence-electron chi connectivity index (χ4n) is 1.82. The highest BCUT2D eigenvalue weighted by molar-refractivity contribution is 9.10. The van der Waals surface area contributed by atoms with Gasteiger partial charge >= 0.3 is 0 Å². The topological polar surface area (TPSA) is 102 Å². The van der Waals surface area contributed by atoms with E-state index in [-0.39, 0.29) is 11.5 Å². The van der Waals surface area contributed by atoms with Crippen LogP contribution < -0.4 is 10.5 Å².